The number of hydrogen-bond donors (Lipinski definition) is 0. The predicted octanol–water partition coefficient (Wildman–Crippen LogP) is 7.05. The lowest BCUT2D eigenvalue weighted by Gasteiger charge is -2.31. The Morgan fingerprint density at radius 2 is 1.39 bits per heavy atom. The second-order valence-corrected chi connectivity index (χ2v) is 12.2. The van der Waals surface area contributed by atoms with Crippen LogP contribution in [0, 0.1) is 5.92 Å². The van der Waals surface area contributed by atoms with E-state index in [4.69, 9.17) is 28.4 Å². The van der Waals surface area contributed by atoms with Crippen molar-refractivity contribution in [1.29, 1.82) is 0 Å². The summed E-state index contributed by atoms with van der Waals surface area (Å²) in [7, 11) is 0. The Morgan fingerprint density at radius 3 is 2.00 bits per heavy atom. The molecule has 0 N–H and O–H groups in total. The smallest absolute Gasteiger partial charge is 0.188 e. The Hall–Kier alpha value is -0.500. The highest BCUT2D eigenvalue weighted by molar-refractivity contribution is 5.23. The van der Waals surface area contributed by atoms with E-state index in [1.165, 1.54) is 82.6 Å². The molecule has 4 aliphatic heterocycles. The van der Waals surface area contributed by atoms with E-state index in [1.807, 2.05) is 27.7 Å². The Balaban J connectivity index is 1.22. The molecule has 0 aromatic carbocycles. The molecular formula is C30H52O6. The molecule has 0 bridgehead atoms. The molecule has 208 valence electrons. The van der Waals surface area contributed by atoms with Gasteiger partial charge in [0.15, 0.2) is 17.9 Å². The minimum Gasteiger partial charge on any atom is -0.370 e. The normalized spacial score (nSPS) is 34.9. The Bertz CT molecular complexity index is 704. The van der Waals surface area contributed by atoms with Crippen molar-refractivity contribution in [2.75, 3.05) is 13.2 Å². The zero-order valence-corrected chi connectivity index (χ0v) is 23.6. The molecule has 4 aliphatic rings. The second-order valence-electron chi connectivity index (χ2n) is 12.2. The maximum Gasteiger partial charge on any atom is 0.188 e. The van der Waals surface area contributed by atoms with Crippen LogP contribution in [0.4, 0.5) is 0 Å². The fourth-order valence-electron chi connectivity index (χ4n) is 6.37. The minimum atomic E-state index is -0.643. The van der Waals surface area contributed by atoms with Gasteiger partial charge in [-0.15, -0.1) is 0 Å². The molecule has 4 heterocycles. The van der Waals surface area contributed by atoms with E-state index >= 15 is 0 Å². The van der Waals surface area contributed by atoms with Crippen LogP contribution in [0.1, 0.15) is 118 Å². The lowest BCUT2D eigenvalue weighted by atomic mass is 9.83. The van der Waals surface area contributed by atoms with Crippen molar-refractivity contribution in [1.82, 2.24) is 0 Å². The fraction of sp³-hybridized carbons (Fsp3) is 0.933. The Kier molecular flexibility index (Phi) is 10.3. The summed E-state index contributed by atoms with van der Waals surface area (Å²) < 4.78 is 37.2. The van der Waals surface area contributed by atoms with Crippen LogP contribution in [0.5, 0.6) is 0 Å². The van der Waals surface area contributed by atoms with Gasteiger partial charge in [0.2, 0.25) is 0 Å². The van der Waals surface area contributed by atoms with Gasteiger partial charge in [-0.2, -0.15) is 0 Å². The van der Waals surface area contributed by atoms with Gasteiger partial charge in [-0.1, -0.05) is 90.0 Å². The summed E-state index contributed by atoms with van der Waals surface area (Å²) >= 11 is 0. The van der Waals surface area contributed by atoms with Gasteiger partial charge >= 0.3 is 0 Å². The number of rotatable bonds is 15. The first-order valence-electron chi connectivity index (χ1n) is 14.9. The molecule has 0 unspecified atom stereocenters. The fourth-order valence-corrected chi connectivity index (χ4v) is 6.37. The first-order valence-corrected chi connectivity index (χ1v) is 14.9. The molecule has 0 amide bonds. The van der Waals surface area contributed by atoms with Gasteiger partial charge in [0.05, 0.1) is 25.4 Å². The maximum atomic E-state index is 6.44. The highest BCUT2D eigenvalue weighted by Crippen LogP contribution is 2.48. The minimum absolute atomic E-state index is 0.0594. The molecule has 6 atom stereocenters. The van der Waals surface area contributed by atoms with Crippen molar-refractivity contribution in [3.63, 3.8) is 0 Å². The van der Waals surface area contributed by atoms with E-state index in [0.29, 0.717) is 13.2 Å². The van der Waals surface area contributed by atoms with Gasteiger partial charge in [0.25, 0.3) is 0 Å². The predicted molar refractivity (Wildman–Crippen MR) is 141 cm³/mol. The number of ether oxygens (including phenoxy) is 6. The standard InChI is InChI=1S/C30H52O6/c1-6-7-8-9-10-11-12-13-14-15-16-17-18-23-22(19-20-31-23)25-26(24-21-32-29(2,3)34-24)33-28-27(25)35-30(4,5)36-28/h19,23-28H,6-18,20-21H2,1-5H3/t23-,24+,25+,26-,27-,28-/m1/s1. The summed E-state index contributed by atoms with van der Waals surface area (Å²) in [5, 5.41) is 0. The van der Waals surface area contributed by atoms with E-state index < -0.39 is 11.6 Å². The van der Waals surface area contributed by atoms with Crippen molar-refractivity contribution < 1.29 is 28.4 Å². The van der Waals surface area contributed by atoms with Crippen molar-refractivity contribution in [3.05, 3.63) is 11.6 Å². The van der Waals surface area contributed by atoms with Gasteiger partial charge in [-0.3, -0.25) is 0 Å². The third-order valence-electron chi connectivity index (χ3n) is 8.18. The lowest BCUT2D eigenvalue weighted by molar-refractivity contribution is -0.225. The summed E-state index contributed by atoms with van der Waals surface area (Å²) in [4.78, 5) is 0. The van der Waals surface area contributed by atoms with Crippen LogP contribution in [0.25, 0.3) is 0 Å². The quantitative estimate of drug-likeness (QED) is 0.175. The topological polar surface area (TPSA) is 55.4 Å². The van der Waals surface area contributed by atoms with Gasteiger partial charge in [0, 0.05) is 5.92 Å². The molecule has 3 fully saturated rings. The molecular weight excluding hydrogens is 456 g/mol. The number of fused-ring (bicyclic) bond motifs is 1. The van der Waals surface area contributed by atoms with E-state index in [9.17, 15) is 0 Å². The summed E-state index contributed by atoms with van der Waals surface area (Å²) in [6, 6.07) is 0. The van der Waals surface area contributed by atoms with E-state index in [0.717, 1.165) is 6.42 Å². The number of unbranched alkanes of at least 4 members (excludes halogenated alkanes) is 11. The number of hydrogen-bond acceptors (Lipinski definition) is 6. The van der Waals surface area contributed by atoms with Crippen molar-refractivity contribution in [2.24, 2.45) is 5.92 Å². The molecule has 0 radical (unpaired) electrons. The summed E-state index contributed by atoms with van der Waals surface area (Å²) in [6.45, 7) is 11.3. The van der Waals surface area contributed by atoms with Gasteiger partial charge in [-0.05, 0) is 39.7 Å². The zero-order chi connectivity index (χ0) is 25.6. The van der Waals surface area contributed by atoms with Crippen LogP contribution in [-0.2, 0) is 28.4 Å². The van der Waals surface area contributed by atoms with Crippen LogP contribution in [0.2, 0.25) is 0 Å². The van der Waals surface area contributed by atoms with Gasteiger partial charge in [0.1, 0.15) is 12.2 Å². The molecule has 4 rings (SSSR count). The first-order chi connectivity index (χ1) is 17.3. The molecule has 0 aromatic heterocycles. The van der Waals surface area contributed by atoms with Crippen LogP contribution in [0.3, 0.4) is 0 Å². The third-order valence-corrected chi connectivity index (χ3v) is 8.18. The first kappa shape index (κ1) is 28.5. The summed E-state index contributed by atoms with van der Waals surface area (Å²) in [5.74, 6) is -1.17. The molecule has 6 heteroatoms. The molecule has 0 spiro atoms. The average Bonchev–Trinajstić information content (AvgIpc) is 3.56. The van der Waals surface area contributed by atoms with Crippen molar-refractivity contribution >= 4 is 0 Å². The second kappa shape index (κ2) is 13.0. The zero-order valence-electron chi connectivity index (χ0n) is 23.6. The van der Waals surface area contributed by atoms with Crippen molar-refractivity contribution in [2.45, 2.75) is 160 Å². The molecule has 36 heavy (non-hydrogen) atoms. The largest absolute Gasteiger partial charge is 0.370 e. The van der Waals surface area contributed by atoms with Gasteiger partial charge in [-0.25, -0.2) is 0 Å². The monoisotopic (exact) mass is 508 g/mol. The van der Waals surface area contributed by atoms with Crippen LogP contribution >= 0.6 is 0 Å². The molecule has 3 saturated heterocycles. The van der Waals surface area contributed by atoms with Crippen LogP contribution in [0.15, 0.2) is 11.6 Å². The Morgan fingerprint density at radius 1 is 0.750 bits per heavy atom. The molecule has 0 aliphatic carbocycles. The highest BCUT2D eigenvalue weighted by Gasteiger charge is 2.59. The maximum absolute atomic E-state index is 6.44. The Labute approximate surface area is 219 Å². The van der Waals surface area contributed by atoms with Crippen LogP contribution < -0.4 is 0 Å². The molecule has 0 aromatic rings. The summed E-state index contributed by atoms with van der Waals surface area (Å²) in [6.07, 6.45) is 19.0. The van der Waals surface area contributed by atoms with Crippen molar-refractivity contribution in [3.8, 4) is 0 Å². The lowest BCUT2D eigenvalue weighted by Crippen LogP contribution is -2.41. The summed E-state index contributed by atoms with van der Waals surface area (Å²) in [5.41, 5.74) is 1.31. The SMILES string of the molecule is CCCCCCCCCCCCCC[C@H]1OCC=C1[C@@H]1[C@H]2OC(C)(C)O[C@H]2O[C@@H]1[C@@H]1COC(C)(C)O1. The highest BCUT2D eigenvalue weighted by atomic mass is 16.8. The van der Waals surface area contributed by atoms with E-state index in [1.54, 1.807) is 0 Å². The van der Waals surface area contributed by atoms with E-state index in [-0.39, 0.29) is 36.6 Å². The van der Waals surface area contributed by atoms with E-state index in [2.05, 4.69) is 13.0 Å². The molecule has 0 saturated carbocycles. The third kappa shape index (κ3) is 7.54. The molecule has 6 nitrogen and oxygen atoms in total. The van der Waals surface area contributed by atoms with Gasteiger partial charge < -0.3 is 28.4 Å². The average molecular weight is 509 g/mol. The van der Waals surface area contributed by atoms with Crippen LogP contribution in [-0.4, -0.2) is 55.5 Å².